The average Bonchev–Trinajstić information content (AvgIpc) is 2.66. The van der Waals surface area contributed by atoms with E-state index in [0.29, 0.717) is 12.1 Å². The van der Waals surface area contributed by atoms with Crippen molar-refractivity contribution in [2.45, 2.75) is 12.5 Å². The van der Waals surface area contributed by atoms with E-state index in [1.165, 1.54) is 0 Å². The van der Waals surface area contributed by atoms with Gasteiger partial charge in [-0.2, -0.15) is 5.26 Å². The molecule has 0 aromatic heterocycles. The molecule has 1 unspecified atom stereocenters. The summed E-state index contributed by atoms with van der Waals surface area (Å²) >= 11 is 0. The molecule has 1 heterocycles. The van der Waals surface area contributed by atoms with Crippen LogP contribution in [0.15, 0.2) is 29.4 Å². The maximum absolute atomic E-state index is 9.24. The molecule has 0 bridgehead atoms. The van der Waals surface area contributed by atoms with Crippen molar-refractivity contribution >= 4 is 5.71 Å². The minimum Gasteiger partial charge on any atom is -0.508 e. The fraction of sp³-hybridized carbons (Fsp3) is 0.200. The molecule has 1 aliphatic heterocycles. The molecule has 0 fully saturated rings. The number of phenolic OH excluding ortho intramolecular Hbond substituents is 1. The zero-order chi connectivity index (χ0) is 9.97. The molecule has 1 N–H and O–H groups in total. The summed E-state index contributed by atoms with van der Waals surface area (Å²) < 4.78 is 0. The minimum atomic E-state index is -0.493. The molecule has 70 valence electrons. The van der Waals surface area contributed by atoms with Crippen LogP contribution in [0.3, 0.4) is 0 Å². The van der Waals surface area contributed by atoms with Crippen LogP contribution in [0.1, 0.15) is 12.0 Å². The number of hydrogen-bond donors (Lipinski definition) is 1. The highest BCUT2D eigenvalue weighted by Crippen LogP contribution is 2.19. The van der Waals surface area contributed by atoms with Crippen LogP contribution in [0.25, 0.3) is 0 Å². The Balaban J connectivity index is 2.22. The second kappa shape index (κ2) is 3.38. The number of nitrogens with zero attached hydrogens (tertiary/aromatic N) is 2. The number of rotatable bonds is 1. The topological polar surface area (TPSA) is 65.6 Å². The highest BCUT2D eigenvalue weighted by atomic mass is 16.6. The molecular formula is C10H8N2O2. The molecule has 0 saturated heterocycles. The lowest BCUT2D eigenvalue weighted by Gasteiger charge is -1.98. The zero-order valence-electron chi connectivity index (χ0n) is 7.34. The lowest BCUT2D eigenvalue weighted by molar-refractivity contribution is 0.125. The Hall–Kier alpha value is -2.02. The zero-order valence-corrected chi connectivity index (χ0v) is 7.34. The number of aromatic hydroxyl groups is 1. The van der Waals surface area contributed by atoms with Crippen LogP contribution in [-0.2, 0) is 4.84 Å². The van der Waals surface area contributed by atoms with E-state index >= 15 is 0 Å². The number of benzene rings is 1. The molecule has 0 amide bonds. The summed E-state index contributed by atoms with van der Waals surface area (Å²) in [6.07, 6.45) is -0.0210. The van der Waals surface area contributed by atoms with Crippen molar-refractivity contribution in [2.75, 3.05) is 0 Å². The van der Waals surface area contributed by atoms with Crippen molar-refractivity contribution in [3.8, 4) is 11.8 Å². The van der Waals surface area contributed by atoms with Gasteiger partial charge >= 0.3 is 0 Å². The molecule has 1 aromatic carbocycles. The Kier molecular flexibility index (Phi) is 2.07. The normalized spacial score (nSPS) is 19.6. The molecule has 0 radical (unpaired) electrons. The first-order chi connectivity index (χ1) is 6.79. The van der Waals surface area contributed by atoms with E-state index < -0.39 is 6.10 Å². The Bertz CT molecular complexity index is 420. The van der Waals surface area contributed by atoms with Gasteiger partial charge in [0, 0.05) is 12.0 Å². The van der Waals surface area contributed by atoms with Crippen molar-refractivity contribution in [1.29, 1.82) is 5.26 Å². The maximum atomic E-state index is 9.24. The van der Waals surface area contributed by atoms with E-state index in [-0.39, 0.29) is 5.75 Å². The molecule has 0 aliphatic carbocycles. The molecular weight excluding hydrogens is 180 g/mol. The second-order valence-corrected chi connectivity index (χ2v) is 3.02. The smallest absolute Gasteiger partial charge is 0.218 e. The Morgan fingerprint density at radius 1 is 1.57 bits per heavy atom. The van der Waals surface area contributed by atoms with Gasteiger partial charge in [-0.05, 0) is 12.1 Å². The van der Waals surface area contributed by atoms with E-state index in [1.54, 1.807) is 18.2 Å². The predicted octanol–water partition coefficient (Wildman–Crippen LogP) is 1.41. The van der Waals surface area contributed by atoms with E-state index in [1.807, 2.05) is 12.1 Å². The van der Waals surface area contributed by atoms with E-state index in [0.717, 1.165) is 5.56 Å². The highest BCUT2D eigenvalue weighted by Gasteiger charge is 2.21. The van der Waals surface area contributed by atoms with Gasteiger partial charge in [0.15, 0.2) is 0 Å². The number of oxime groups is 1. The number of phenols is 1. The molecule has 14 heavy (non-hydrogen) atoms. The lowest BCUT2D eigenvalue weighted by Crippen LogP contribution is -2.04. The first-order valence-electron chi connectivity index (χ1n) is 4.21. The lowest BCUT2D eigenvalue weighted by atomic mass is 10.1. The van der Waals surface area contributed by atoms with Gasteiger partial charge in [-0.1, -0.05) is 17.3 Å². The summed E-state index contributed by atoms with van der Waals surface area (Å²) in [4.78, 5) is 4.85. The largest absolute Gasteiger partial charge is 0.508 e. The van der Waals surface area contributed by atoms with E-state index in [4.69, 9.17) is 10.1 Å². The molecule has 0 spiro atoms. The van der Waals surface area contributed by atoms with Crippen molar-refractivity contribution < 1.29 is 9.94 Å². The van der Waals surface area contributed by atoms with E-state index in [2.05, 4.69) is 5.16 Å². The first kappa shape index (κ1) is 8.57. The summed E-state index contributed by atoms with van der Waals surface area (Å²) in [6, 6.07) is 8.71. The van der Waals surface area contributed by atoms with Gasteiger partial charge in [-0.15, -0.1) is 0 Å². The highest BCUT2D eigenvalue weighted by molar-refractivity contribution is 6.01. The molecule has 4 nitrogen and oxygen atoms in total. The fourth-order valence-corrected chi connectivity index (χ4v) is 1.30. The van der Waals surface area contributed by atoms with Crippen molar-refractivity contribution in [3.05, 3.63) is 29.8 Å². The Morgan fingerprint density at radius 2 is 2.43 bits per heavy atom. The summed E-state index contributed by atoms with van der Waals surface area (Å²) in [5.74, 6) is 0.186. The molecule has 2 rings (SSSR count). The molecule has 4 heteroatoms. The van der Waals surface area contributed by atoms with Crippen LogP contribution in [-0.4, -0.2) is 16.9 Å². The van der Waals surface area contributed by atoms with Crippen LogP contribution >= 0.6 is 0 Å². The van der Waals surface area contributed by atoms with Gasteiger partial charge in [0.2, 0.25) is 6.10 Å². The minimum absolute atomic E-state index is 0.186. The average molecular weight is 188 g/mol. The van der Waals surface area contributed by atoms with Crippen LogP contribution < -0.4 is 0 Å². The van der Waals surface area contributed by atoms with Gasteiger partial charge in [-0.25, -0.2) is 0 Å². The Morgan fingerprint density at radius 3 is 3.07 bits per heavy atom. The SMILES string of the molecule is N#CC1CC(c2cccc(O)c2)=NO1. The van der Waals surface area contributed by atoms with Gasteiger partial charge in [0.1, 0.15) is 11.8 Å². The first-order valence-corrected chi connectivity index (χ1v) is 4.21. The maximum Gasteiger partial charge on any atom is 0.218 e. The van der Waals surface area contributed by atoms with Crippen molar-refractivity contribution in [1.82, 2.24) is 0 Å². The quantitative estimate of drug-likeness (QED) is 0.724. The second-order valence-electron chi connectivity index (χ2n) is 3.02. The Labute approximate surface area is 81.0 Å². The summed E-state index contributed by atoms with van der Waals surface area (Å²) in [5, 5.41) is 21.6. The standard InChI is InChI=1S/C10H8N2O2/c11-6-9-5-10(12-14-9)7-2-1-3-8(13)4-7/h1-4,9,13H,5H2. The van der Waals surface area contributed by atoms with Crippen LogP contribution in [0.5, 0.6) is 5.75 Å². The monoisotopic (exact) mass is 188 g/mol. The van der Waals surface area contributed by atoms with Gasteiger partial charge in [-0.3, -0.25) is 0 Å². The summed E-state index contributed by atoms with van der Waals surface area (Å²) in [5.41, 5.74) is 1.50. The third-order valence-corrected chi connectivity index (χ3v) is 1.99. The molecule has 1 aromatic rings. The number of hydrogen-bond acceptors (Lipinski definition) is 4. The third-order valence-electron chi connectivity index (χ3n) is 1.99. The van der Waals surface area contributed by atoms with Crippen LogP contribution in [0, 0.1) is 11.3 Å². The van der Waals surface area contributed by atoms with E-state index in [9.17, 15) is 5.11 Å². The molecule has 0 saturated carbocycles. The van der Waals surface area contributed by atoms with Gasteiger partial charge < -0.3 is 9.94 Å². The predicted molar refractivity (Wildman–Crippen MR) is 49.7 cm³/mol. The summed E-state index contributed by atoms with van der Waals surface area (Å²) in [7, 11) is 0. The molecule has 1 aliphatic rings. The fourth-order valence-electron chi connectivity index (χ4n) is 1.30. The van der Waals surface area contributed by atoms with Crippen molar-refractivity contribution in [2.24, 2.45) is 5.16 Å². The number of nitriles is 1. The summed E-state index contributed by atoms with van der Waals surface area (Å²) in [6.45, 7) is 0. The molecule has 1 atom stereocenters. The van der Waals surface area contributed by atoms with Crippen LogP contribution in [0.4, 0.5) is 0 Å². The van der Waals surface area contributed by atoms with Gasteiger partial charge in [0.25, 0.3) is 0 Å². The van der Waals surface area contributed by atoms with Gasteiger partial charge in [0.05, 0.1) is 5.71 Å². The van der Waals surface area contributed by atoms with Crippen LogP contribution in [0.2, 0.25) is 0 Å². The third kappa shape index (κ3) is 1.52. The van der Waals surface area contributed by atoms with Crippen molar-refractivity contribution in [3.63, 3.8) is 0 Å².